The Bertz CT molecular complexity index is 1260. The van der Waals surface area contributed by atoms with Crippen LogP contribution in [0.5, 0.6) is 0 Å². The van der Waals surface area contributed by atoms with Gasteiger partial charge in [0, 0.05) is 23.7 Å². The summed E-state index contributed by atoms with van der Waals surface area (Å²) < 4.78 is 15.5. The number of anilines is 2. The molecule has 0 N–H and O–H groups in total. The smallest absolute Gasteiger partial charge is 0.230 e. The first kappa shape index (κ1) is 24.1. The first-order valence-corrected chi connectivity index (χ1v) is 12.5. The Morgan fingerprint density at radius 3 is 2.47 bits per heavy atom. The molecule has 0 aliphatic heterocycles. The van der Waals surface area contributed by atoms with Gasteiger partial charge in [-0.2, -0.15) is 0 Å². The Kier molecular flexibility index (Phi) is 7.40. The highest BCUT2D eigenvalue weighted by atomic mass is 32.2. The van der Waals surface area contributed by atoms with Gasteiger partial charge in [0.25, 0.3) is 0 Å². The molecule has 34 heavy (non-hydrogen) atoms. The number of hydrogen-bond donors (Lipinski definition) is 0. The van der Waals surface area contributed by atoms with Crippen molar-refractivity contribution in [2.24, 2.45) is 0 Å². The number of nitrogens with zero attached hydrogens (tertiary/aromatic N) is 6. The van der Waals surface area contributed by atoms with E-state index in [1.807, 2.05) is 66.2 Å². The summed E-state index contributed by atoms with van der Waals surface area (Å²) in [7, 11) is 3.96. The van der Waals surface area contributed by atoms with Gasteiger partial charge in [0.05, 0.1) is 17.4 Å². The van der Waals surface area contributed by atoms with Crippen LogP contribution >= 0.6 is 23.1 Å². The first-order valence-electron chi connectivity index (χ1n) is 10.7. The number of hydrogen-bond acceptors (Lipinski definition) is 7. The third-order valence-electron chi connectivity index (χ3n) is 5.30. The van der Waals surface area contributed by atoms with Gasteiger partial charge >= 0.3 is 0 Å². The van der Waals surface area contributed by atoms with Crippen molar-refractivity contribution >= 4 is 39.8 Å². The van der Waals surface area contributed by atoms with Gasteiger partial charge in [0.1, 0.15) is 5.82 Å². The molecule has 1 amide bonds. The monoisotopic (exact) mass is 496 g/mol. The average Bonchev–Trinajstić information content (AvgIpc) is 3.45. The van der Waals surface area contributed by atoms with E-state index in [-0.39, 0.29) is 17.8 Å². The molecule has 0 saturated heterocycles. The zero-order valence-electron chi connectivity index (χ0n) is 19.3. The summed E-state index contributed by atoms with van der Waals surface area (Å²) in [5, 5.41) is 12.1. The average molecular weight is 497 g/mol. The molecule has 7 nitrogen and oxygen atoms in total. The Morgan fingerprint density at radius 2 is 1.82 bits per heavy atom. The number of thiazole rings is 1. The van der Waals surface area contributed by atoms with Gasteiger partial charge in [-0.3, -0.25) is 19.2 Å². The van der Waals surface area contributed by atoms with E-state index in [2.05, 4.69) is 10.2 Å². The lowest BCUT2D eigenvalue weighted by atomic mass is 10.2. The van der Waals surface area contributed by atoms with E-state index in [4.69, 9.17) is 4.98 Å². The van der Waals surface area contributed by atoms with Crippen LogP contribution < -0.4 is 4.90 Å². The molecule has 0 fully saturated rings. The lowest BCUT2D eigenvalue weighted by Gasteiger charge is -2.20. The van der Waals surface area contributed by atoms with Crippen molar-refractivity contribution in [1.29, 1.82) is 0 Å². The van der Waals surface area contributed by atoms with Crippen LogP contribution in [0, 0.1) is 5.82 Å². The maximum absolute atomic E-state index is 13.5. The number of carbonyl (C=O) groups excluding carboxylic acids is 1. The highest BCUT2D eigenvalue weighted by molar-refractivity contribution is 7.98. The van der Waals surface area contributed by atoms with Gasteiger partial charge in [0.2, 0.25) is 5.91 Å². The largest absolute Gasteiger partial charge is 0.300 e. The number of thioether (sulfide) groups is 1. The summed E-state index contributed by atoms with van der Waals surface area (Å²) in [5.41, 5.74) is 2.41. The Balaban J connectivity index is 1.59. The second-order valence-electron chi connectivity index (χ2n) is 7.89. The molecule has 0 radical (unpaired) electrons. The number of benzene rings is 2. The molecule has 0 spiro atoms. The highest BCUT2D eigenvalue weighted by Crippen LogP contribution is 2.32. The number of amides is 1. The quantitative estimate of drug-likeness (QED) is 0.302. The second kappa shape index (κ2) is 10.5. The number of para-hydroxylation sites is 1. The molecular formula is C24H25FN6OS2. The van der Waals surface area contributed by atoms with Gasteiger partial charge in [-0.15, -0.1) is 21.5 Å². The summed E-state index contributed by atoms with van der Waals surface area (Å²) in [5.74, 6) is 0.923. The lowest BCUT2D eigenvalue weighted by Crippen LogP contribution is -2.22. The number of halogens is 1. The molecule has 0 bridgehead atoms. The molecule has 2 aromatic carbocycles. The molecule has 2 heterocycles. The first-order chi connectivity index (χ1) is 16.3. The van der Waals surface area contributed by atoms with Crippen molar-refractivity contribution in [3.05, 3.63) is 77.3 Å². The molecule has 0 aliphatic rings. The zero-order chi connectivity index (χ0) is 24.2. The maximum atomic E-state index is 13.5. The van der Waals surface area contributed by atoms with Crippen LogP contribution in [0.3, 0.4) is 0 Å². The van der Waals surface area contributed by atoms with E-state index < -0.39 is 0 Å². The molecule has 0 saturated carbocycles. The standard InChI is InChI=1S/C24H25FN6OS2/c1-16(29(3)4)22-27-28-24(31(22)21-12-10-18(25)11-13-21)34-15-19-14-33-23(26-19)30(17(2)32)20-8-6-5-7-9-20/h5-14,16H,15H2,1-4H3. The third-order valence-corrected chi connectivity index (χ3v) is 7.14. The normalized spacial score (nSPS) is 12.2. The van der Waals surface area contributed by atoms with Gasteiger partial charge in [-0.1, -0.05) is 30.0 Å². The minimum Gasteiger partial charge on any atom is -0.300 e. The molecule has 2 aromatic heterocycles. The summed E-state index contributed by atoms with van der Waals surface area (Å²) in [6, 6.07) is 15.8. The molecule has 1 unspecified atom stereocenters. The molecule has 1 atom stereocenters. The molecule has 4 aromatic rings. The van der Waals surface area contributed by atoms with Crippen LogP contribution in [0.15, 0.2) is 65.1 Å². The maximum Gasteiger partial charge on any atom is 0.230 e. The van der Waals surface area contributed by atoms with Crippen molar-refractivity contribution in [2.75, 3.05) is 19.0 Å². The Hall–Kier alpha value is -3.08. The molecule has 0 aliphatic carbocycles. The second-order valence-corrected chi connectivity index (χ2v) is 9.67. The fourth-order valence-electron chi connectivity index (χ4n) is 3.32. The van der Waals surface area contributed by atoms with E-state index in [0.717, 1.165) is 22.9 Å². The van der Waals surface area contributed by atoms with Crippen LogP contribution in [-0.2, 0) is 10.5 Å². The summed E-state index contributed by atoms with van der Waals surface area (Å²) in [6.07, 6.45) is 0. The lowest BCUT2D eigenvalue weighted by molar-refractivity contribution is -0.115. The third kappa shape index (κ3) is 5.19. The van der Waals surface area contributed by atoms with Crippen molar-refractivity contribution in [2.45, 2.75) is 30.8 Å². The fraction of sp³-hybridized carbons (Fsp3) is 0.250. The number of rotatable bonds is 8. The summed E-state index contributed by atoms with van der Waals surface area (Å²) in [6.45, 7) is 3.58. The number of aromatic nitrogens is 4. The van der Waals surface area contributed by atoms with E-state index >= 15 is 0 Å². The van der Waals surface area contributed by atoms with Gasteiger partial charge in [-0.05, 0) is 57.4 Å². The van der Waals surface area contributed by atoms with E-state index in [1.165, 1.54) is 42.2 Å². The predicted octanol–water partition coefficient (Wildman–Crippen LogP) is 5.46. The molecule has 176 valence electrons. The highest BCUT2D eigenvalue weighted by Gasteiger charge is 2.22. The van der Waals surface area contributed by atoms with Gasteiger partial charge < -0.3 is 0 Å². The van der Waals surface area contributed by atoms with Crippen LogP contribution in [0.2, 0.25) is 0 Å². The van der Waals surface area contributed by atoms with Crippen molar-refractivity contribution in [1.82, 2.24) is 24.6 Å². The predicted molar refractivity (Wildman–Crippen MR) is 134 cm³/mol. The van der Waals surface area contributed by atoms with Crippen molar-refractivity contribution < 1.29 is 9.18 Å². The van der Waals surface area contributed by atoms with Crippen LogP contribution in [-0.4, -0.2) is 44.7 Å². The summed E-state index contributed by atoms with van der Waals surface area (Å²) >= 11 is 2.92. The minimum atomic E-state index is -0.295. The fourth-order valence-corrected chi connectivity index (χ4v) is 5.16. The molecule has 4 rings (SSSR count). The Morgan fingerprint density at radius 1 is 1.12 bits per heavy atom. The van der Waals surface area contributed by atoms with Crippen LogP contribution in [0.4, 0.5) is 15.2 Å². The topological polar surface area (TPSA) is 67.2 Å². The van der Waals surface area contributed by atoms with E-state index in [9.17, 15) is 9.18 Å². The van der Waals surface area contributed by atoms with Crippen molar-refractivity contribution in [3.63, 3.8) is 0 Å². The van der Waals surface area contributed by atoms with Gasteiger partial charge in [0.15, 0.2) is 16.1 Å². The van der Waals surface area contributed by atoms with Crippen molar-refractivity contribution in [3.8, 4) is 5.69 Å². The molecular weight excluding hydrogens is 471 g/mol. The SMILES string of the molecule is CC(=O)N(c1ccccc1)c1nc(CSc2nnc(C(C)N(C)C)n2-c2ccc(F)cc2)cs1. The van der Waals surface area contributed by atoms with Crippen LogP contribution in [0.25, 0.3) is 5.69 Å². The molecule has 10 heteroatoms. The number of carbonyl (C=O) groups is 1. The summed E-state index contributed by atoms with van der Waals surface area (Å²) in [4.78, 5) is 20.7. The van der Waals surface area contributed by atoms with Gasteiger partial charge in [-0.25, -0.2) is 9.37 Å². The Labute approximate surface area is 206 Å². The van der Waals surface area contributed by atoms with E-state index in [0.29, 0.717) is 16.0 Å². The zero-order valence-corrected chi connectivity index (χ0v) is 21.0. The minimum absolute atomic E-state index is 0.00720. The van der Waals surface area contributed by atoms with E-state index in [1.54, 1.807) is 17.0 Å². The van der Waals surface area contributed by atoms with Crippen LogP contribution in [0.1, 0.15) is 31.4 Å².